The van der Waals surface area contributed by atoms with Gasteiger partial charge in [0.2, 0.25) is 0 Å². The molecule has 0 aromatic carbocycles. The maximum Gasteiger partial charge on any atom is 3.00 e. The Labute approximate surface area is 626 Å². The second-order valence-corrected chi connectivity index (χ2v) is 14.1. The van der Waals surface area contributed by atoms with Crippen molar-refractivity contribution in [2.75, 3.05) is 0 Å². The van der Waals surface area contributed by atoms with E-state index >= 15 is 0 Å². The summed E-state index contributed by atoms with van der Waals surface area (Å²) in [5.41, 5.74) is -0.528. The van der Waals surface area contributed by atoms with Crippen molar-refractivity contribution in [3.63, 3.8) is 0 Å². The van der Waals surface area contributed by atoms with E-state index in [4.69, 9.17) is 30.6 Å². The minimum atomic E-state index is -2.64. The zero-order chi connectivity index (χ0) is 58.6. The van der Waals surface area contributed by atoms with Gasteiger partial charge >= 0.3 is 76.3 Å². The predicted octanol–water partition coefficient (Wildman–Crippen LogP) is -5.67. The second-order valence-electron chi connectivity index (χ2n) is 14.1. The van der Waals surface area contributed by atoms with E-state index in [2.05, 4.69) is 39.9 Å². The fourth-order valence-electron chi connectivity index (χ4n) is 4.98. The minimum absolute atomic E-state index is 0. The number of carboxylic acid groups (broad SMARTS) is 2. The molecular formula is C50H44Dy2Mn4N10O26-20. The number of carbonyl (C=O) groups is 2. The van der Waals surface area contributed by atoms with Crippen LogP contribution in [-0.4, -0.2) is 72.9 Å². The van der Waals surface area contributed by atoms with E-state index < -0.39 is 45.3 Å². The first-order chi connectivity index (χ1) is 36.8. The van der Waals surface area contributed by atoms with Gasteiger partial charge in [0.05, 0.1) is 10.2 Å². The maximum absolute atomic E-state index is 11.8. The summed E-state index contributed by atoms with van der Waals surface area (Å²) < 4.78 is 0. The smallest absolute Gasteiger partial charge is 2.00 e. The number of hydrogen-bond donors (Lipinski definition) is 0. The van der Waals surface area contributed by atoms with E-state index in [9.17, 15) is 60.7 Å². The summed E-state index contributed by atoms with van der Waals surface area (Å²) >= 11 is 0. The normalized spacial score (nSPS) is 8.72. The molecule has 0 amide bonds. The number of nitrogens with zero attached hydrogens (tertiary/aromatic N) is 10. The van der Waals surface area contributed by atoms with Crippen LogP contribution in [0.2, 0.25) is 0 Å². The van der Waals surface area contributed by atoms with Crippen molar-refractivity contribution in [2.45, 2.75) is 49.8 Å². The van der Waals surface area contributed by atoms with Gasteiger partial charge in [-0.1, -0.05) is 62.4 Å². The van der Waals surface area contributed by atoms with Crippen molar-refractivity contribution in [3.8, 4) is 0 Å². The second kappa shape index (κ2) is 65.6. The third-order valence-corrected chi connectivity index (χ3v) is 8.59. The first kappa shape index (κ1) is 120. The van der Waals surface area contributed by atoms with Crippen LogP contribution in [0.1, 0.15) is 72.2 Å². The molecule has 0 atom stereocenters. The number of pyridine rings is 8. The van der Waals surface area contributed by atoms with Crippen molar-refractivity contribution < 1.29 is 259 Å². The Bertz CT molecular complexity index is 2400. The topological polar surface area (TPSA) is 731 Å². The Hall–Kier alpha value is -5.48. The summed E-state index contributed by atoms with van der Waals surface area (Å²) in [5.74, 6) is -12.5. The van der Waals surface area contributed by atoms with Gasteiger partial charge in [-0.15, -0.1) is 23.1 Å². The van der Waals surface area contributed by atoms with Crippen molar-refractivity contribution in [3.05, 3.63) is 271 Å². The molecule has 0 saturated carbocycles. The molecule has 0 saturated heterocycles. The van der Waals surface area contributed by atoms with Crippen molar-refractivity contribution in [2.24, 2.45) is 0 Å². The SMILES string of the molecule is CCC(=O)[O-].CCC(=O)[O-].O=[N+]([O-])[O-].O=[N+]([O-])[O-].[Dy+3].[Dy+3].[Mn].[Mn].[Mn].[Mn].[O-2].[O-2].[O-2].[O-2].[O-2].[O-2].[O-]C([O-])(c1ccccn1)c1ccccn1.[O-]C([O-])(c1ccccn1)c1ccccn1.[O-]C([O-])(c1ccccn1)c1ccccn1.[O-]C([O-])(c1ccccn1)c1ccccn1.[OH-].[OH-]. The van der Waals surface area contributed by atoms with Crippen LogP contribution in [0.15, 0.2) is 195 Å². The molecule has 0 bridgehead atoms. The molecule has 8 rings (SSSR count). The van der Waals surface area contributed by atoms with E-state index in [-0.39, 0.29) is 247 Å². The molecule has 42 heteroatoms. The molecule has 8 aromatic heterocycles. The molecule has 8 aromatic rings. The molecule has 6 radical (unpaired) electrons. The van der Waals surface area contributed by atoms with Gasteiger partial charge in [-0.25, -0.2) is 0 Å². The number of aromatic nitrogens is 8. The maximum atomic E-state index is 11.8. The molecule has 2 N–H and O–H groups in total. The third kappa shape index (κ3) is 48.3. The molecule has 0 aliphatic rings. The van der Waals surface area contributed by atoms with Gasteiger partial charge in [0.25, 0.3) is 0 Å². The molecule has 0 spiro atoms. The van der Waals surface area contributed by atoms with Gasteiger partial charge in [-0.2, -0.15) is 0 Å². The quantitative estimate of drug-likeness (QED) is 0.0533. The monoisotopic (exact) mass is 1750 g/mol. The largest absolute Gasteiger partial charge is 3.00 e. The standard InChI is InChI=1S/4C11H8N2O2.2C3H6O2.2Dy.4Mn.2NO3.2H2O.6O/c4*14-11(15,9-5-1-3-7-12-9)10-6-2-4-8-13-10;2*1-2-3(4)5;;;;;;;2*2-1(3)4;;;;;;;;/h4*1-8H;2*2H2,1H3,(H,4,5);;;;;;;;;2*1H2;;;;;;/q4*-2;;;2*+3;;;;;2*-1;;;6*-2/p-4. The van der Waals surface area contributed by atoms with Gasteiger partial charge in [0.1, 0.15) is 0 Å². The van der Waals surface area contributed by atoms with E-state index in [1.165, 1.54) is 112 Å². The first-order valence-corrected chi connectivity index (χ1v) is 21.8. The number of hydrogen-bond acceptors (Lipinski definition) is 28. The molecular weight excluding hydrogens is 1700 g/mol. The number of carbonyl (C=O) groups excluding carboxylic acids is 2. The van der Waals surface area contributed by atoms with Crippen LogP contribution in [0.5, 0.6) is 0 Å². The van der Waals surface area contributed by atoms with Gasteiger partial charge in [0, 0.05) is 175 Å². The van der Waals surface area contributed by atoms with Crippen molar-refractivity contribution in [1.29, 1.82) is 0 Å². The molecule has 0 unspecified atom stereocenters. The third-order valence-electron chi connectivity index (χ3n) is 8.59. The molecule has 92 heavy (non-hydrogen) atoms. The van der Waals surface area contributed by atoms with Crippen LogP contribution in [0, 0.1) is 107 Å². The van der Waals surface area contributed by atoms with Gasteiger partial charge < -0.3 is 135 Å². The Balaban J connectivity index is -0.0000000644. The summed E-state index contributed by atoms with van der Waals surface area (Å²) in [4.78, 5) is 65.1. The van der Waals surface area contributed by atoms with Gasteiger partial charge in [-0.3, -0.25) is 39.9 Å². The van der Waals surface area contributed by atoms with E-state index in [0.29, 0.717) is 0 Å². The fourth-order valence-corrected chi connectivity index (χ4v) is 4.98. The zero-order valence-corrected chi connectivity index (χ0v) is 55.0. The van der Waals surface area contributed by atoms with E-state index in [1.54, 1.807) is 97.1 Å². The van der Waals surface area contributed by atoms with E-state index in [0.717, 1.165) is 0 Å². The molecule has 518 valence electrons. The fraction of sp³-hybridized carbons (Fsp3) is 0.160. The van der Waals surface area contributed by atoms with Crippen LogP contribution in [0.25, 0.3) is 0 Å². The van der Waals surface area contributed by atoms with Crippen LogP contribution in [0.3, 0.4) is 0 Å². The summed E-state index contributed by atoms with van der Waals surface area (Å²) in [6, 6.07) is 37.4. The van der Waals surface area contributed by atoms with E-state index in [1.807, 2.05) is 0 Å². The number of rotatable bonds is 10. The summed E-state index contributed by atoms with van der Waals surface area (Å²) in [7, 11) is 0. The van der Waals surface area contributed by atoms with Crippen LogP contribution in [0.4, 0.5) is 0 Å². The Morgan fingerprint density at radius 3 is 0.457 bits per heavy atom. The molecule has 8 heterocycles. The Morgan fingerprint density at radius 2 is 0.402 bits per heavy atom. The summed E-state index contributed by atoms with van der Waals surface area (Å²) in [6.45, 7) is 3.07. The minimum Gasteiger partial charge on any atom is -2.00 e. The Morgan fingerprint density at radius 1 is 0.315 bits per heavy atom. The van der Waals surface area contributed by atoms with Crippen LogP contribution >= 0.6 is 0 Å². The van der Waals surface area contributed by atoms with Crippen molar-refractivity contribution in [1.82, 2.24) is 39.9 Å². The molecule has 0 aliphatic carbocycles. The van der Waals surface area contributed by atoms with Crippen molar-refractivity contribution >= 4 is 11.9 Å². The average molecular weight is 1750 g/mol. The van der Waals surface area contributed by atoms with Gasteiger partial charge in [-0.05, 0) is 110 Å². The Kier molecular flexibility index (Phi) is 85.8. The number of carboxylic acids is 2. The summed E-state index contributed by atoms with van der Waals surface area (Å²) in [6.07, 6.45) is 11.6. The first-order valence-electron chi connectivity index (χ1n) is 21.8. The predicted molar refractivity (Wildman–Crippen MR) is 256 cm³/mol. The summed E-state index contributed by atoms with van der Waals surface area (Å²) in [5, 5.41) is 143. The van der Waals surface area contributed by atoms with Crippen LogP contribution < -0.4 is 51.1 Å². The molecule has 36 nitrogen and oxygen atoms in total. The van der Waals surface area contributed by atoms with Crippen LogP contribution in [-0.2, 0) is 134 Å². The zero-order valence-electron chi connectivity index (χ0n) is 46.2. The molecule has 0 aliphatic heterocycles. The average Bonchev–Trinajstić information content (AvgIpc) is 3.45. The van der Waals surface area contributed by atoms with Gasteiger partial charge in [0.15, 0.2) is 0 Å². The number of aliphatic carboxylic acids is 2. The molecule has 0 fully saturated rings.